The zero-order valence-electron chi connectivity index (χ0n) is 18.2. The Kier molecular flexibility index (Phi) is 7.92. The Morgan fingerprint density at radius 1 is 1.16 bits per heavy atom. The number of benzene rings is 2. The maximum absolute atomic E-state index is 12.7. The van der Waals surface area contributed by atoms with Crippen molar-refractivity contribution < 1.29 is 9.53 Å². The molecule has 2 heterocycles. The Hall–Kier alpha value is -2.25. The SMILES string of the molecule is CCc1ccc(-c2nc(CC(=O)NCC(c3ccc(Cl)cc3)N3CCOCC3)cs2)cc1. The zero-order chi connectivity index (χ0) is 22.3. The molecule has 1 aromatic heterocycles. The number of carbonyl (C=O) groups is 1. The number of nitrogens with one attached hydrogen (secondary N) is 1. The van der Waals surface area contributed by atoms with E-state index >= 15 is 0 Å². The van der Waals surface area contributed by atoms with Crippen molar-refractivity contribution in [1.29, 1.82) is 0 Å². The molecule has 1 amide bonds. The molecule has 0 aliphatic carbocycles. The van der Waals surface area contributed by atoms with Gasteiger partial charge in [0.2, 0.25) is 5.91 Å². The lowest BCUT2D eigenvalue weighted by Crippen LogP contribution is -2.44. The molecule has 0 radical (unpaired) electrons. The summed E-state index contributed by atoms with van der Waals surface area (Å²) in [5, 5.41) is 6.75. The van der Waals surface area contributed by atoms with Crippen LogP contribution >= 0.6 is 22.9 Å². The lowest BCUT2D eigenvalue weighted by molar-refractivity contribution is -0.120. The van der Waals surface area contributed by atoms with Gasteiger partial charge < -0.3 is 10.1 Å². The number of carbonyl (C=O) groups excluding carboxylic acids is 1. The highest BCUT2D eigenvalue weighted by atomic mass is 35.5. The summed E-state index contributed by atoms with van der Waals surface area (Å²) < 4.78 is 5.50. The number of nitrogens with zero attached hydrogens (tertiary/aromatic N) is 2. The number of hydrogen-bond donors (Lipinski definition) is 1. The van der Waals surface area contributed by atoms with Crippen molar-refractivity contribution in [3.8, 4) is 10.6 Å². The first-order valence-electron chi connectivity index (χ1n) is 11.0. The van der Waals surface area contributed by atoms with Gasteiger partial charge >= 0.3 is 0 Å². The molecule has 1 aliphatic rings. The summed E-state index contributed by atoms with van der Waals surface area (Å²) in [6.45, 7) is 5.78. The molecule has 3 aromatic rings. The van der Waals surface area contributed by atoms with E-state index in [1.165, 1.54) is 5.56 Å². The van der Waals surface area contributed by atoms with E-state index in [2.05, 4.69) is 46.4 Å². The van der Waals surface area contributed by atoms with E-state index in [0.29, 0.717) is 24.8 Å². The van der Waals surface area contributed by atoms with Crippen molar-refractivity contribution in [3.63, 3.8) is 0 Å². The summed E-state index contributed by atoms with van der Waals surface area (Å²) in [4.78, 5) is 19.7. The lowest BCUT2D eigenvalue weighted by Gasteiger charge is -2.35. The number of morpholine rings is 1. The first kappa shape index (κ1) is 22.9. The molecule has 1 N–H and O–H groups in total. The predicted octanol–water partition coefficient (Wildman–Crippen LogP) is 4.76. The van der Waals surface area contributed by atoms with Crippen LogP contribution in [0.5, 0.6) is 0 Å². The number of aryl methyl sites for hydroxylation is 1. The molecule has 0 bridgehead atoms. The van der Waals surface area contributed by atoms with Crippen LogP contribution < -0.4 is 5.32 Å². The Labute approximate surface area is 198 Å². The van der Waals surface area contributed by atoms with E-state index in [1.807, 2.05) is 29.6 Å². The lowest BCUT2D eigenvalue weighted by atomic mass is 10.0. The van der Waals surface area contributed by atoms with Crippen LogP contribution in [0.2, 0.25) is 5.02 Å². The van der Waals surface area contributed by atoms with Crippen molar-refractivity contribution in [2.75, 3.05) is 32.8 Å². The maximum Gasteiger partial charge on any atom is 0.226 e. The van der Waals surface area contributed by atoms with Crippen molar-refractivity contribution in [1.82, 2.24) is 15.2 Å². The average Bonchev–Trinajstić information content (AvgIpc) is 3.29. The Morgan fingerprint density at radius 3 is 2.56 bits per heavy atom. The van der Waals surface area contributed by atoms with Gasteiger partial charge in [0.25, 0.3) is 0 Å². The highest BCUT2D eigenvalue weighted by Gasteiger charge is 2.23. The van der Waals surface area contributed by atoms with Crippen LogP contribution in [-0.2, 0) is 22.4 Å². The number of hydrogen-bond acceptors (Lipinski definition) is 5. The fraction of sp³-hybridized carbons (Fsp3) is 0.360. The Balaban J connectivity index is 1.37. The Morgan fingerprint density at radius 2 is 1.88 bits per heavy atom. The number of rotatable bonds is 8. The molecule has 32 heavy (non-hydrogen) atoms. The molecule has 1 fully saturated rings. The summed E-state index contributed by atoms with van der Waals surface area (Å²) in [5.41, 5.74) is 4.34. The minimum absolute atomic E-state index is 0.0181. The van der Waals surface area contributed by atoms with Gasteiger partial charge in [-0.15, -0.1) is 11.3 Å². The molecule has 7 heteroatoms. The Bertz CT molecular complexity index is 1010. The fourth-order valence-electron chi connectivity index (χ4n) is 3.87. The number of ether oxygens (including phenoxy) is 1. The number of thiazole rings is 1. The largest absolute Gasteiger partial charge is 0.379 e. The van der Waals surface area contributed by atoms with Gasteiger partial charge in [-0.3, -0.25) is 9.69 Å². The molecule has 1 atom stereocenters. The van der Waals surface area contributed by atoms with Crippen LogP contribution in [0, 0.1) is 0 Å². The molecule has 5 nitrogen and oxygen atoms in total. The standard InChI is InChI=1S/C25H28ClN3O2S/c1-2-18-3-5-20(6-4-18)25-28-22(17-32-25)15-24(30)27-16-23(29-11-13-31-14-12-29)19-7-9-21(26)10-8-19/h3-10,17,23H,2,11-16H2,1H3,(H,27,30). The van der Waals surface area contributed by atoms with Gasteiger partial charge in [-0.2, -0.15) is 0 Å². The molecule has 1 aliphatic heterocycles. The summed E-state index contributed by atoms with van der Waals surface area (Å²) >= 11 is 7.65. The van der Waals surface area contributed by atoms with Gasteiger partial charge in [-0.05, 0) is 29.7 Å². The maximum atomic E-state index is 12.7. The van der Waals surface area contributed by atoms with Crippen molar-refractivity contribution in [2.45, 2.75) is 25.8 Å². The van der Waals surface area contributed by atoms with Gasteiger partial charge in [0.05, 0.1) is 31.4 Å². The second-order valence-electron chi connectivity index (χ2n) is 7.89. The van der Waals surface area contributed by atoms with Gasteiger partial charge in [0, 0.05) is 35.6 Å². The van der Waals surface area contributed by atoms with Crippen LogP contribution in [0.15, 0.2) is 53.9 Å². The summed E-state index contributed by atoms with van der Waals surface area (Å²) in [5.74, 6) is -0.0181. The smallest absolute Gasteiger partial charge is 0.226 e. The highest BCUT2D eigenvalue weighted by Crippen LogP contribution is 2.25. The van der Waals surface area contributed by atoms with E-state index in [1.54, 1.807) is 11.3 Å². The van der Waals surface area contributed by atoms with Crippen molar-refractivity contribution in [2.24, 2.45) is 0 Å². The van der Waals surface area contributed by atoms with Crippen LogP contribution in [-0.4, -0.2) is 48.6 Å². The monoisotopic (exact) mass is 469 g/mol. The van der Waals surface area contributed by atoms with Gasteiger partial charge in [-0.25, -0.2) is 4.98 Å². The molecule has 0 spiro atoms. The fourth-order valence-corrected chi connectivity index (χ4v) is 4.82. The minimum Gasteiger partial charge on any atom is -0.379 e. The van der Waals surface area contributed by atoms with E-state index in [0.717, 1.165) is 41.3 Å². The molecule has 0 saturated carbocycles. The minimum atomic E-state index is -0.0181. The van der Waals surface area contributed by atoms with Crippen LogP contribution in [0.1, 0.15) is 29.8 Å². The topological polar surface area (TPSA) is 54.5 Å². The quantitative estimate of drug-likeness (QED) is 0.517. The van der Waals surface area contributed by atoms with Crippen LogP contribution in [0.25, 0.3) is 10.6 Å². The van der Waals surface area contributed by atoms with Gasteiger partial charge in [0.15, 0.2) is 0 Å². The molecule has 2 aromatic carbocycles. The second kappa shape index (κ2) is 11.1. The highest BCUT2D eigenvalue weighted by molar-refractivity contribution is 7.13. The molecule has 4 rings (SSSR count). The summed E-state index contributed by atoms with van der Waals surface area (Å²) in [6.07, 6.45) is 1.30. The number of amides is 1. The van der Waals surface area contributed by atoms with E-state index < -0.39 is 0 Å². The first-order valence-corrected chi connectivity index (χ1v) is 12.3. The van der Waals surface area contributed by atoms with Crippen molar-refractivity contribution in [3.05, 3.63) is 75.8 Å². The molecular formula is C25H28ClN3O2S. The second-order valence-corrected chi connectivity index (χ2v) is 9.19. The molecule has 1 unspecified atom stereocenters. The van der Waals surface area contributed by atoms with Gasteiger partial charge in [0.1, 0.15) is 5.01 Å². The van der Waals surface area contributed by atoms with E-state index in [9.17, 15) is 4.79 Å². The van der Waals surface area contributed by atoms with E-state index in [-0.39, 0.29) is 18.4 Å². The molecular weight excluding hydrogens is 442 g/mol. The van der Waals surface area contributed by atoms with E-state index in [4.69, 9.17) is 16.3 Å². The van der Waals surface area contributed by atoms with Crippen LogP contribution in [0.4, 0.5) is 0 Å². The third-order valence-corrected chi connectivity index (χ3v) is 6.93. The average molecular weight is 470 g/mol. The molecule has 1 saturated heterocycles. The van der Waals surface area contributed by atoms with Gasteiger partial charge in [-0.1, -0.05) is 54.9 Å². The normalized spacial score (nSPS) is 15.4. The zero-order valence-corrected chi connectivity index (χ0v) is 19.8. The third kappa shape index (κ3) is 5.95. The first-order chi connectivity index (χ1) is 15.6. The van der Waals surface area contributed by atoms with Crippen LogP contribution in [0.3, 0.4) is 0 Å². The van der Waals surface area contributed by atoms with Crippen molar-refractivity contribution >= 4 is 28.8 Å². The predicted molar refractivity (Wildman–Crippen MR) is 130 cm³/mol. The summed E-state index contributed by atoms with van der Waals surface area (Å²) in [6, 6.07) is 16.4. The number of aromatic nitrogens is 1. The number of halogens is 1. The molecule has 168 valence electrons. The summed E-state index contributed by atoms with van der Waals surface area (Å²) in [7, 11) is 0. The third-order valence-electron chi connectivity index (χ3n) is 5.74.